The molecular weight excluding hydrogens is 249 g/mol. The predicted octanol–water partition coefficient (Wildman–Crippen LogP) is 3.07. The van der Waals surface area contributed by atoms with Crippen molar-refractivity contribution in [3.63, 3.8) is 0 Å². The van der Waals surface area contributed by atoms with Gasteiger partial charge in [0.15, 0.2) is 0 Å². The van der Waals surface area contributed by atoms with E-state index >= 15 is 0 Å². The molecule has 0 spiro atoms. The molecule has 0 aliphatic heterocycles. The van der Waals surface area contributed by atoms with Gasteiger partial charge in [-0.15, -0.1) is 0 Å². The van der Waals surface area contributed by atoms with Gasteiger partial charge in [-0.05, 0) is 18.2 Å². The topological polar surface area (TPSA) is 61.0 Å². The molecule has 0 saturated carbocycles. The fourth-order valence-electron chi connectivity index (χ4n) is 2.02. The Hall–Kier alpha value is -2.76. The lowest BCUT2D eigenvalue weighted by atomic mass is 10.2. The van der Waals surface area contributed by atoms with Crippen LogP contribution in [0.3, 0.4) is 0 Å². The molecule has 3 aromatic rings. The second-order valence-corrected chi connectivity index (χ2v) is 3.98. The van der Waals surface area contributed by atoms with E-state index < -0.39 is 16.4 Å². The zero-order chi connectivity index (χ0) is 13.4. The molecule has 2 aromatic carbocycles. The Kier molecular flexibility index (Phi) is 2.49. The summed E-state index contributed by atoms with van der Waals surface area (Å²) in [6.45, 7) is 0. The maximum atomic E-state index is 13.6. The molecule has 6 heteroatoms. The number of nitrogens with zero attached hydrogens (tertiary/aromatic N) is 3. The van der Waals surface area contributed by atoms with E-state index in [2.05, 4.69) is 5.10 Å². The SMILES string of the molecule is O=[N+]([O-])c1c(F)cccc1-n1ncc2ccccc21. The van der Waals surface area contributed by atoms with Gasteiger partial charge in [-0.3, -0.25) is 10.1 Å². The van der Waals surface area contributed by atoms with Crippen LogP contribution in [0.15, 0.2) is 48.7 Å². The summed E-state index contributed by atoms with van der Waals surface area (Å²) in [5, 5.41) is 15.9. The summed E-state index contributed by atoms with van der Waals surface area (Å²) in [5.74, 6) is -0.873. The van der Waals surface area contributed by atoms with Crippen LogP contribution in [0, 0.1) is 15.9 Å². The molecule has 1 heterocycles. The van der Waals surface area contributed by atoms with Gasteiger partial charge in [-0.1, -0.05) is 24.3 Å². The largest absolute Gasteiger partial charge is 0.330 e. The normalized spacial score (nSPS) is 10.8. The predicted molar refractivity (Wildman–Crippen MR) is 67.7 cm³/mol. The Morgan fingerprint density at radius 1 is 1.16 bits per heavy atom. The Balaban J connectivity index is 2.33. The molecule has 0 aliphatic carbocycles. The molecule has 0 atom stereocenters. The monoisotopic (exact) mass is 257 g/mol. The van der Waals surface area contributed by atoms with Gasteiger partial charge in [0, 0.05) is 5.39 Å². The van der Waals surface area contributed by atoms with Gasteiger partial charge in [0.2, 0.25) is 5.82 Å². The van der Waals surface area contributed by atoms with E-state index in [1.54, 1.807) is 18.3 Å². The van der Waals surface area contributed by atoms with Crippen molar-refractivity contribution in [1.82, 2.24) is 9.78 Å². The molecule has 94 valence electrons. The average molecular weight is 257 g/mol. The van der Waals surface area contributed by atoms with Gasteiger partial charge in [-0.2, -0.15) is 9.49 Å². The Bertz CT molecular complexity index is 782. The lowest BCUT2D eigenvalue weighted by Gasteiger charge is -2.05. The zero-order valence-electron chi connectivity index (χ0n) is 9.65. The highest BCUT2D eigenvalue weighted by atomic mass is 19.1. The molecule has 0 saturated heterocycles. The lowest BCUT2D eigenvalue weighted by molar-refractivity contribution is -0.387. The first kappa shape index (κ1) is 11.3. The first-order chi connectivity index (χ1) is 9.18. The summed E-state index contributed by atoms with van der Waals surface area (Å²) >= 11 is 0. The highest BCUT2D eigenvalue weighted by Gasteiger charge is 2.22. The van der Waals surface area contributed by atoms with Crippen molar-refractivity contribution in [3.05, 3.63) is 64.6 Å². The number of aromatic nitrogens is 2. The van der Waals surface area contributed by atoms with E-state index in [1.165, 1.54) is 16.8 Å². The molecule has 0 fully saturated rings. The third-order valence-electron chi connectivity index (χ3n) is 2.85. The standard InChI is InChI=1S/C13H8FN3O2/c14-10-5-3-7-12(13(10)17(18)19)16-11-6-2-1-4-9(11)8-15-16/h1-8H. The lowest BCUT2D eigenvalue weighted by Crippen LogP contribution is -2.03. The summed E-state index contributed by atoms with van der Waals surface area (Å²) in [4.78, 5) is 10.3. The van der Waals surface area contributed by atoms with Gasteiger partial charge < -0.3 is 0 Å². The number of hydrogen-bond acceptors (Lipinski definition) is 3. The molecule has 19 heavy (non-hydrogen) atoms. The number of nitro groups is 1. The second kappa shape index (κ2) is 4.16. The van der Waals surface area contributed by atoms with E-state index in [4.69, 9.17) is 0 Å². The van der Waals surface area contributed by atoms with E-state index in [0.29, 0.717) is 5.52 Å². The minimum Gasteiger partial charge on any atom is -0.258 e. The molecule has 0 bridgehead atoms. The molecule has 0 radical (unpaired) electrons. The van der Waals surface area contributed by atoms with Crippen molar-refractivity contribution < 1.29 is 9.31 Å². The van der Waals surface area contributed by atoms with Crippen molar-refractivity contribution in [2.75, 3.05) is 0 Å². The van der Waals surface area contributed by atoms with Crippen LogP contribution >= 0.6 is 0 Å². The first-order valence-electron chi connectivity index (χ1n) is 5.54. The van der Waals surface area contributed by atoms with Crippen molar-refractivity contribution in [3.8, 4) is 5.69 Å². The summed E-state index contributed by atoms with van der Waals surface area (Å²) in [7, 11) is 0. The van der Waals surface area contributed by atoms with Crippen LogP contribution in [0.1, 0.15) is 0 Å². The van der Waals surface area contributed by atoms with Crippen LogP contribution in [0.25, 0.3) is 16.6 Å². The summed E-state index contributed by atoms with van der Waals surface area (Å²) in [6, 6.07) is 11.2. The Morgan fingerprint density at radius 2 is 1.95 bits per heavy atom. The van der Waals surface area contributed by atoms with Gasteiger partial charge in [0.1, 0.15) is 5.69 Å². The molecule has 3 rings (SSSR count). The number of hydrogen-bond donors (Lipinski definition) is 0. The van der Waals surface area contributed by atoms with Crippen LogP contribution < -0.4 is 0 Å². The average Bonchev–Trinajstić information content (AvgIpc) is 2.81. The second-order valence-electron chi connectivity index (χ2n) is 3.98. The van der Waals surface area contributed by atoms with Gasteiger partial charge in [-0.25, -0.2) is 4.68 Å². The van der Waals surface area contributed by atoms with Crippen molar-refractivity contribution in [1.29, 1.82) is 0 Å². The molecule has 0 N–H and O–H groups in total. The minimum absolute atomic E-state index is 0.117. The fourth-order valence-corrected chi connectivity index (χ4v) is 2.02. The third-order valence-corrected chi connectivity index (χ3v) is 2.85. The van der Waals surface area contributed by atoms with Crippen LogP contribution in [0.5, 0.6) is 0 Å². The number of fused-ring (bicyclic) bond motifs is 1. The fraction of sp³-hybridized carbons (Fsp3) is 0. The van der Waals surface area contributed by atoms with E-state index in [1.807, 2.05) is 12.1 Å². The Labute approximate surface area is 107 Å². The molecule has 0 amide bonds. The number of benzene rings is 2. The summed E-state index contributed by atoms with van der Waals surface area (Å²) in [6.07, 6.45) is 1.59. The van der Waals surface area contributed by atoms with Crippen molar-refractivity contribution in [2.24, 2.45) is 0 Å². The Morgan fingerprint density at radius 3 is 2.74 bits per heavy atom. The van der Waals surface area contributed by atoms with E-state index in [-0.39, 0.29) is 5.69 Å². The number of rotatable bonds is 2. The van der Waals surface area contributed by atoms with Gasteiger partial charge in [0.25, 0.3) is 0 Å². The molecule has 0 aliphatic rings. The third kappa shape index (κ3) is 1.74. The van der Waals surface area contributed by atoms with Gasteiger partial charge in [0.05, 0.1) is 16.6 Å². The highest BCUT2D eigenvalue weighted by molar-refractivity contribution is 5.81. The number of para-hydroxylation sites is 2. The van der Waals surface area contributed by atoms with Crippen molar-refractivity contribution in [2.45, 2.75) is 0 Å². The smallest absolute Gasteiger partial charge is 0.258 e. The van der Waals surface area contributed by atoms with Crippen LogP contribution in [0.2, 0.25) is 0 Å². The van der Waals surface area contributed by atoms with Crippen LogP contribution in [-0.2, 0) is 0 Å². The summed E-state index contributed by atoms with van der Waals surface area (Å²) < 4.78 is 15.0. The molecular formula is C13H8FN3O2. The molecule has 1 aromatic heterocycles. The maximum absolute atomic E-state index is 13.6. The van der Waals surface area contributed by atoms with E-state index in [0.717, 1.165) is 11.5 Å². The maximum Gasteiger partial charge on any atom is 0.330 e. The first-order valence-corrected chi connectivity index (χ1v) is 5.54. The van der Waals surface area contributed by atoms with Crippen LogP contribution in [-0.4, -0.2) is 14.7 Å². The van der Waals surface area contributed by atoms with Crippen molar-refractivity contribution >= 4 is 16.6 Å². The van der Waals surface area contributed by atoms with Gasteiger partial charge >= 0.3 is 5.69 Å². The molecule has 5 nitrogen and oxygen atoms in total. The number of halogens is 1. The zero-order valence-corrected chi connectivity index (χ0v) is 9.65. The summed E-state index contributed by atoms with van der Waals surface area (Å²) in [5.41, 5.74) is 0.235. The molecule has 0 unspecified atom stereocenters. The highest BCUT2D eigenvalue weighted by Crippen LogP contribution is 2.28. The van der Waals surface area contributed by atoms with E-state index in [9.17, 15) is 14.5 Å². The minimum atomic E-state index is -0.873. The quantitative estimate of drug-likeness (QED) is 0.523. The van der Waals surface area contributed by atoms with Crippen LogP contribution in [0.4, 0.5) is 10.1 Å². The number of nitro benzene ring substituents is 1.